The minimum atomic E-state index is 0.00685. The van der Waals surface area contributed by atoms with Crippen molar-refractivity contribution in [3.8, 4) is 0 Å². The fourth-order valence-electron chi connectivity index (χ4n) is 2.58. The molecule has 2 rings (SSSR count). The van der Waals surface area contributed by atoms with Crippen molar-refractivity contribution >= 4 is 5.91 Å². The molecular weight excluding hydrogens is 248 g/mol. The summed E-state index contributed by atoms with van der Waals surface area (Å²) in [6.07, 6.45) is 3.75. The molecule has 0 bridgehead atoms. The summed E-state index contributed by atoms with van der Waals surface area (Å²) in [6.45, 7) is 10.9. The highest BCUT2D eigenvalue weighted by atomic mass is 16.1. The number of amides is 1. The van der Waals surface area contributed by atoms with Gasteiger partial charge in [-0.15, -0.1) is 0 Å². The average molecular weight is 270 g/mol. The summed E-state index contributed by atoms with van der Waals surface area (Å²) >= 11 is 0. The molecule has 0 atom stereocenters. The van der Waals surface area contributed by atoms with Crippen LogP contribution in [0, 0.1) is 34.6 Å². The van der Waals surface area contributed by atoms with E-state index in [2.05, 4.69) is 31.1 Å². The van der Waals surface area contributed by atoms with Crippen LogP contribution in [0.5, 0.6) is 0 Å². The van der Waals surface area contributed by atoms with Crippen LogP contribution in [0.1, 0.15) is 43.7 Å². The van der Waals surface area contributed by atoms with Gasteiger partial charge in [0.2, 0.25) is 0 Å². The van der Waals surface area contributed by atoms with Gasteiger partial charge in [-0.1, -0.05) is 0 Å². The summed E-state index contributed by atoms with van der Waals surface area (Å²) in [7, 11) is 0. The van der Waals surface area contributed by atoms with E-state index in [0.29, 0.717) is 6.54 Å². The van der Waals surface area contributed by atoms with Crippen LogP contribution in [0.15, 0.2) is 18.5 Å². The van der Waals surface area contributed by atoms with Crippen molar-refractivity contribution in [2.75, 3.05) is 0 Å². The molecule has 1 aromatic carbocycles. The van der Waals surface area contributed by atoms with Crippen LogP contribution in [0.3, 0.4) is 0 Å². The first kappa shape index (κ1) is 14.4. The lowest BCUT2D eigenvalue weighted by molar-refractivity contribution is 0.0949. The van der Waals surface area contributed by atoms with E-state index < -0.39 is 0 Å². The molecule has 0 saturated carbocycles. The number of aromatic nitrogens is 1. The number of carbonyl (C=O) groups is 1. The van der Waals surface area contributed by atoms with Gasteiger partial charge in [-0.25, -0.2) is 0 Å². The first-order valence-corrected chi connectivity index (χ1v) is 6.90. The van der Waals surface area contributed by atoms with Crippen LogP contribution in [0.2, 0.25) is 0 Å². The normalized spacial score (nSPS) is 10.7. The Hall–Kier alpha value is -2.03. The summed E-state index contributed by atoms with van der Waals surface area (Å²) < 4.78 is 0. The van der Waals surface area contributed by atoms with Crippen molar-refractivity contribution in [3.05, 3.63) is 57.4 Å². The van der Waals surface area contributed by atoms with E-state index in [-0.39, 0.29) is 5.91 Å². The third-order valence-electron chi connectivity index (χ3n) is 4.34. The molecule has 0 aliphatic heterocycles. The van der Waals surface area contributed by atoms with Gasteiger partial charge in [-0.3, -0.25) is 4.79 Å². The molecule has 3 heteroatoms. The molecule has 0 aliphatic rings. The SMILES string of the molecule is Cc1c(C)c(C)c(C(=O)NCc2cc[nH]c2)c(C)c1C. The lowest BCUT2D eigenvalue weighted by atomic mass is 9.89. The highest BCUT2D eigenvalue weighted by Gasteiger charge is 2.17. The maximum absolute atomic E-state index is 12.5. The third-order valence-corrected chi connectivity index (χ3v) is 4.34. The molecule has 106 valence electrons. The lowest BCUT2D eigenvalue weighted by Gasteiger charge is -2.18. The number of carbonyl (C=O) groups excluding carboxylic acids is 1. The van der Waals surface area contributed by atoms with Crippen LogP contribution in [0.25, 0.3) is 0 Å². The Balaban J connectivity index is 2.30. The zero-order valence-electron chi connectivity index (χ0n) is 12.8. The standard InChI is InChI=1S/C17H22N2O/c1-10-11(2)13(4)16(14(5)12(10)3)17(20)19-9-15-6-7-18-8-15/h6-8,18H,9H2,1-5H3,(H,19,20). The molecule has 2 aromatic rings. The molecule has 0 aliphatic carbocycles. The molecule has 2 N–H and O–H groups in total. The van der Waals surface area contributed by atoms with Gasteiger partial charge in [0.15, 0.2) is 0 Å². The Morgan fingerprint density at radius 1 is 1.00 bits per heavy atom. The van der Waals surface area contributed by atoms with E-state index in [1.807, 2.05) is 32.3 Å². The average Bonchev–Trinajstić information content (AvgIpc) is 2.94. The molecule has 1 aromatic heterocycles. The van der Waals surface area contributed by atoms with Crippen LogP contribution in [-0.4, -0.2) is 10.9 Å². The first-order chi connectivity index (χ1) is 9.43. The quantitative estimate of drug-likeness (QED) is 0.881. The molecule has 1 amide bonds. The van der Waals surface area contributed by atoms with Crippen molar-refractivity contribution in [1.82, 2.24) is 10.3 Å². The Morgan fingerprint density at radius 3 is 2.05 bits per heavy atom. The predicted molar refractivity (Wildman–Crippen MR) is 82.1 cm³/mol. The first-order valence-electron chi connectivity index (χ1n) is 6.90. The van der Waals surface area contributed by atoms with Gasteiger partial charge < -0.3 is 10.3 Å². The fraction of sp³-hybridized carbons (Fsp3) is 0.353. The van der Waals surface area contributed by atoms with E-state index in [1.54, 1.807) is 0 Å². The predicted octanol–water partition coefficient (Wildman–Crippen LogP) is 3.49. The van der Waals surface area contributed by atoms with Gasteiger partial charge in [0.1, 0.15) is 0 Å². The van der Waals surface area contributed by atoms with Gasteiger partial charge in [0, 0.05) is 24.5 Å². The Labute approximate surface area is 120 Å². The fourth-order valence-corrected chi connectivity index (χ4v) is 2.58. The topological polar surface area (TPSA) is 44.9 Å². The zero-order chi connectivity index (χ0) is 14.9. The second kappa shape index (κ2) is 5.53. The Kier molecular flexibility index (Phi) is 3.98. The number of H-pyrrole nitrogens is 1. The number of nitrogens with one attached hydrogen (secondary N) is 2. The largest absolute Gasteiger partial charge is 0.367 e. The molecule has 0 saturated heterocycles. The third kappa shape index (κ3) is 2.48. The Morgan fingerprint density at radius 2 is 1.55 bits per heavy atom. The lowest BCUT2D eigenvalue weighted by Crippen LogP contribution is -2.25. The van der Waals surface area contributed by atoms with E-state index in [1.165, 1.54) is 16.7 Å². The van der Waals surface area contributed by atoms with Crippen molar-refractivity contribution in [3.63, 3.8) is 0 Å². The summed E-state index contributed by atoms with van der Waals surface area (Å²) in [4.78, 5) is 15.5. The zero-order valence-corrected chi connectivity index (χ0v) is 12.8. The summed E-state index contributed by atoms with van der Waals surface area (Å²) in [5, 5.41) is 3.00. The molecule has 0 radical (unpaired) electrons. The molecule has 3 nitrogen and oxygen atoms in total. The van der Waals surface area contributed by atoms with Crippen molar-refractivity contribution in [2.24, 2.45) is 0 Å². The van der Waals surface area contributed by atoms with E-state index in [9.17, 15) is 4.79 Å². The van der Waals surface area contributed by atoms with Gasteiger partial charge in [-0.2, -0.15) is 0 Å². The van der Waals surface area contributed by atoms with E-state index in [4.69, 9.17) is 0 Å². The minimum absolute atomic E-state index is 0.00685. The van der Waals surface area contributed by atoms with E-state index >= 15 is 0 Å². The summed E-state index contributed by atoms with van der Waals surface area (Å²) in [6, 6.07) is 1.96. The number of hydrogen-bond donors (Lipinski definition) is 2. The molecule has 0 spiro atoms. The second-order valence-corrected chi connectivity index (χ2v) is 5.40. The number of rotatable bonds is 3. The van der Waals surface area contributed by atoms with Gasteiger partial charge in [0.25, 0.3) is 5.91 Å². The minimum Gasteiger partial charge on any atom is -0.367 e. The van der Waals surface area contributed by atoms with Crippen LogP contribution < -0.4 is 5.32 Å². The summed E-state index contributed by atoms with van der Waals surface area (Å²) in [5.74, 6) is 0.00685. The maximum atomic E-state index is 12.5. The number of hydrogen-bond acceptors (Lipinski definition) is 1. The second-order valence-electron chi connectivity index (χ2n) is 5.40. The smallest absolute Gasteiger partial charge is 0.252 e. The molecule has 20 heavy (non-hydrogen) atoms. The van der Waals surface area contributed by atoms with Crippen LogP contribution in [-0.2, 0) is 6.54 Å². The van der Waals surface area contributed by atoms with Crippen molar-refractivity contribution in [1.29, 1.82) is 0 Å². The summed E-state index contributed by atoms with van der Waals surface area (Å²) in [5.41, 5.74) is 7.76. The van der Waals surface area contributed by atoms with Crippen LogP contribution >= 0.6 is 0 Å². The van der Waals surface area contributed by atoms with Gasteiger partial charge in [0.05, 0.1) is 0 Å². The monoisotopic (exact) mass is 270 g/mol. The number of benzene rings is 1. The van der Waals surface area contributed by atoms with Gasteiger partial charge in [-0.05, 0) is 74.1 Å². The van der Waals surface area contributed by atoms with Gasteiger partial charge >= 0.3 is 0 Å². The highest BCUT2D eigenvalue weighted by molar-refractivity contribution is 5.98. The highest BCUT2D eigenvalue weighted by Crippen LogP contribution is 2.25. The Bertz CT molecular complexity index is 610. The molecule has 0 fully saturated rings. The molecular formula is C17H22N2O. The van der Waals surface area contributed by atoms with E-state index in [0.717, 1.165) is 22.3 Å². The van der Waals surface area contributed by atoms with Crippen LogP contribution in [0.4, 0.5) is 0 Å². The van der Waals surface area contributed by atoms with Crippen molar-refractivity contribution in [2.45, 2.75) is 41.2 Å². The molecule has 0 unspecified atom stereocenters. The number of aromatic amines is 1. The molecule has 1 heterocycles. The van der Waals surface area contributed by atoms with Crippen molar-refractivity contribution < 1.29 is 4.79 Å². The maximum Gasteiger partial charge on any atom is 0.252 e.